The Hall–Kier alpha value is -3.63. The third kappa shape index (κ3) is 6.39. The number of hydrogen-bond acceptors (Lipinski definition) is 5. The lowest BCUT2D eigenvalue weighted by Gasteiger charge is -2.31. The molecule has 1 saturated heterocycles. The number of unbranched alkanes of at least 4 members (excludes halogenated alkanes) is 1. The second-order valence-corrected chi connectivity index (χ2v) is 12.9. The molecule has 0 unspecified atom stereocenters. The van der Waals surface area contributed by atoms with E-state index in [0.29, 0.717) is 10.9 Å². The molecule has 1 fully saturated rings. The van der Waals surface area contributed by atoms with Crippen molar-refractivity contribution >= 4 is 33.8 Å². The maximum Gasteiger partial charge on any atom is 0.127 e. The average Bonchev–Trinajstić information content (AvgIpc) is 3.56. The summed E-state index contributed by atoms with van der Waals surface area (Å²) in [5.41, 5.74) is 5.49. The molecule has 3 aromatic carbocycles. The van der Waals surface area contributed by atoms with E-state index in [1.54, 1.807) is 0 Å². The van der Waals surface area contributed by atoms with E-state index in [0.717, 1.165) is 59.8 Å². The van der Waals surface area contributed by atoms with Crippen LogP contribution in [-0.2, 0) is 13.5 Å². The van der Waals surface area contributed by atoms with Crippen LogP contribution in [0.1, 0.15) is 52.7 Å². The molecule has 6 rings (SSSR count). The third-order valence-electron chi connectivity index (χ3n) is 8.36. The fourth-order valence-electron chi connectivity index (χ4n) is 5.94. The second kappa shape index (κ2) is 12.7. The zero-order valence-corrected chi connectivity index (χ0v) is 25.7. The first-order valence-electron chi connectivity index (χ1n) is 14.7. The van der Waals surface area contributed by atoms with E-state index in [9.17, 15) is 5.26 Å². The predicted octanol–water partition coefficient (Wildman–Crippen LogP) is 9.13. The Morgan fingerprint density at radius 3 is 2.40 bits per heavy atom. The summed E-state index contributed by atoms with van der Waals surface area (Å²) in [5, 5.41) is 12.3. The topological polar surface area (TPSA) is 54.1 Å². The molecule has 1 aliphatic heterocycles. The maximum atomic E-state index is 9.19. The highest BCUT2D eigenvalue weighted by Crippen LogP contribution is 2.36. The number of ether oxygens (including phenoxy) is 1. The summed E-state index contributed by atoms with van der Waals surface area (Å²) in [6.07, 6.45) is 5.79. The minimum Gasteiger partial charge on any atom is -0.457 e. The van der Waals surface area contributed by atoms with Crippen molar-refractivity contribution in [3.05, 3.63) is 99.0 Å². The van der Waals surface area contributed by atoms with Crippen molar-refractivity contribution in [1.82, 2.24) is 14.5 Å². The zero-order valence-electron chi connectivity index (χ0n) is 24.1. The molecular weight excluding hydrogens is 560 g/mol. The van der Waals surface area contributed by atoms with Gasteiger partial charge in [-0.15, -0.1) is 11.3 Å². The first kappa shape index (κ1) is 28.5. The number of fused-ring (bicyclic) bond motifs is 1. The van der Waals surface area contributed by atoms with Crippen LogP contribution in [-0.4, -0.2) is 34.1 Å². The van der Waals surface area contributed by atoms with E-state index in [1.165, 1.54) is 46.8 Å². The molecule has 0 saturated carbocycles. The van der Waals surface area contributed by atoms with E-state index in [2.05, 4.69) is 53.8 Å². The normalized spacial score (nSPS) is 14.3. The standard InChI is InChI=1S/C35H35ClN4OS/c1-24-34(26-7-11-31(12-8-26)41-32-13-9-29(36)10-14-32)38-35(42-24)27-16-19-40(20-17-27)18-4-3-5-30-22-28-21-25(23-37)6-15-33(28)39(30)2/h6-15,21-22,27H,3-5,16-20H2,1-2H3. The van der Waals surface area contributed by atoms with Crippen molar-refractivity contribution in [2.24, 2.45) is 7.05 Å². The molecule has 0 amide bonds. The summed E-state index contributed by atoms with van der Waals surface area (Å²) in [6, 6.07) is 26.1. The van der Waals surface area contributed by atoms with Gasteiger partial charge in [0.25, 0.3) is 0 Å². The molecule has 0 aliphatic carbocycles. The Bertz CT molecular complexity index is 1710. The van der Waals surface area contributed by atoms with Crippen LogP contribution in [0.15, 0.2) is 72.8 Å². The Morgan fingerprint density at radius 2 is 1.69 bits per heavy atom. The number of piperidine rings is 1. The number of aromatic nitrogens is 2. The van der Waals surface area contributed by atoms with Crippen molar-refractivity contribution in [2.75, 3.05) is 19.6 Å². The monoisotopic (exact) mass is 594 g/mol. The Labute approximate surface area is 257 Å². The number of nitrogens with zero attached hydrogens (tertiary/aromatic N) is 4. The van der Waals surface area contributed by atoms with Crippen molar-refractivity contribution < 1.29 is 4.74 Å². The number of benzene rings is 3. The third-order valence-corrected chi connectivity index (χ3v) is 9.74. The van der Waals surface area contributed by atoms with E-state index in [-0.39, 0.29) is 0 Å². The van der Waals surface area contributed by atoms with E-state index < -0.39 is 0 Å². The highest BCUT2D eigenvalue weighted by molar-refractivity contribution is 7.12. The van der Waals surface area contributed by atoms with Gasteiger partial charge in [0.05, 0.1) is 22.3 Å². The molecule has 2 aromatic heterocycles. The minimum absolute atomic E-state index is 0.542. The Balaban J connectivity index is 0.981. The highest BCUT2D eigenvalue weighted by Gasteiger charge is 2.24. The summed E-state index contributed by atoms with van der Waals surface area (Å²) in [6.45, 7) is 5.62. The molecule has 42 heavy (non-hydrogen) atoms. The van der Waals surface area contributed by atoms with Gasteiger partial charge in [-0.05, 0) is 131 Å². The largest absolute Gasteiger partial charge is 0.457 e. The van der Waals surface area contributed by atoms with Crippen LogP contribution in [0.25, 0.3) is 22.2 Å². The maximum absolute atomic E-state index is 9.19. The summed E-state index contributed by atoms with van der Waals surface area (Å²) in [4.78, 5) is 9.02. The van der Waals surface area contributed by atoms with Gasteiger partial charge in [-0.3, -0.25) is 0 Å². The molecule has 0 bridgehead atoms. The lowest BCUT2D eigenvalue weighted by molar-refractivity contribution is 0.208. The van der Waals surface area contributed by atoms with Crippen LogP contribution in [0, 0.1) is 18.3 Å². The SMILES string of the molecule is Cc1sc(C2CCN(CCCCc3cc4cc(C#N)ccc4n3C)CC2)nc1-c1ccc(Oc2ccc(Cl)cc2)cc1. The number of thiazole rings is 1. The quantitative estimate of drug-likeness (QED) is 0.160. The van der Waals surface area contributed by atoms with Gasteiger partial charge in [0.2, 0.25) is 0 Å². The van der Waals surface area contributed by atoms with Crippen LogP contribution < -0.4 is 4.74 Å². The van der Waals surface area contributed by atoms with Crippen LogP contribution in [0.5, 0.6) is 11.5 Å². The molecule has 7 heteroatoms. The number of rotatable bonds is 9. The van der Waals surface area contributed by atoms with Crippen LogP contribution >= 0.6 is 22.9 Å². The van der Waals surface area contributed by atoms with Gasteiger partial charge in [-0.25, -0.2) is 4.98 Å². The molecule has 0 spiro atoms. The Kier molecular flexibility index (Phi) is 8.62. The molecule has 214 valence electrons. The lowest BCUT2D eigenvalue weighted by Crippen LogP contribution is -2.33. The highest BCUT2D eigenvalue weighted by atomic mass is 35.5. The Morgan fingerprint density at radius 1 is 0.976 bits per heavy atom. The molecule has 0 atom stereocenters. The van der Waals surface area contributed by atoms with Gasteiger partial charge in [-0.1, -0.05) is 11.6 Å². The summed E-state index contributed by atoms with van der Waals surface area (Å²) in [7, 11) is 2.13. The summed E-state index contributed by atoms with van der Waals surface area (Å²) in [5.74, 6) is 2.11. The number of halogens is 1. The fourth-order valence-corrected chi connectivity index (χ4v) is 7.18. The van der Waals surface area contributed by atoms with Crippen molar-refractivity contribution in [2.45, 2.75) is 44.9 Å². The van der Waals surface area contributed by atoms with Crippen molar-refractivity contribution in [1.29, 1.82) is 5.26 Å². The lowest BCUT2D eigenvalue weighted by atomic mass is 9.97. The molecule has 0 radical (unpaired) electrons. The molecule has 5 aromatic rings. The van der Waals surface area contributed by atoms with E-state index in [1.807, 2.05) is 59.9 Å². The van der Waals surface area contributed by atoms with Crippen molar-refractivity contribution in [3.63, 3.8) is 0 Å². The van der Waals surface area contributed by atoms with Gasteiger partial charge < -0.3 is 14.2 Å². The number of nitriles is 1. The van der Waals surface area contributed by atoms with Crippen LogP contribution in [0.2, 0.25) is 5.02 Å². The van der Waals surface area contributed by atoms with Crippen LogP contribution in [0.3, 0.4) is 0 Å². The first-order chi connectivity index (χ1) is 20.5. The average molecular weight is 595 g/mol. The van der Waals surface area contributed by atoms with Crippen LogP contribution in [0.4, 0.5) is 0 Å². The fraction of sp³-hybridized carbons (Fsp3) is 0.314. The zero-order chi connectivity index (χ0) is 29.1. The predicted molar refractivity (Wildman–Crippen MR) is 173 cm³/mol. The molecule has 5 nitrogen and oxygen atoms in total. The van der Waals surface area contributed by atoms with Gasteiger partial charge in [0.1, 0.15) is 11.5 Å². The number of likely N-dealkylation sites (tertiary alicyclic amines) is 1. The molecule has 0 N–H and O–H groups in total. The molecule has 1 aliphatic rings. The summed E-state index contributed by atoms with van der Waals surface area (Å²) < 4.78 is 8.23. The molecule has 3 heterocycles. The van der Waals surface area contributed by atoms with Gasteiger partial charge in [0, 0.05) is 45.0 Å². The number of hydrogen-bond donors (Lipinski definition) is 0. The van der Waals surface area contributed by atoms with Gasteiger partial charge in [-0.2, -0.15) is 5.26 Å². The van der Waals surface area contributed by atoms with E-state index in [4.69, 9.17) is 21.3 Å². The summed E-state index contributed by atoms with van der Waals surface area (Å²) >= 11 is 7.83. The minimum atomic E-state index is 0.542. The van der Waals surface area contributed by atoms with E-state index >= 15 is 0 Å². The van der Waals surface area contributed by atoms with Crippen molar-refractivity contribution in [3.8, 4) is 28.8 Å². The second-order valence-electron chi connectivity index (χ2n) is 11.2. The smallest absolute Gasteiger partial charge is 0.127 e. The molecular formula is C35H35ClN4OS. The van der Waals surface area contributed by atoms with Gasteiger partial charge >= 0.3 is 0 Å². The first-order valence-corrected chi connectivity index (χ1v) is 15.9. The number of aryl methyl sites for hydroxylation is 3. The van der Waals surface area contributed by atoms with Gasteiger partial charge in [0.15, 0.2) is 0 Å².